The molecular weight excluding hydrogens is 348 g/mol. The number of rotatable bonds is 23. The molecule has 0 saturated heterocycles. The lowest BCUT2D eigenvalue weighted by molar-refractivity contribution is -0.142. The Balaban J connectivity index is 3.38. The van der Waals surface area contributed by atoms with Gasteiger partial charge in [-0.3, -0.25) is 4.79 Å². The molecule has 0 aliphatic carbocycles. The maximum atomic E-state index is 11.4. The molecule has 0 bridgehead atoms. The van der Waals surface area contributed by atoms with E-state index in [4.69, 9.17) is 4.74 Å². The van der Waals surface area contributed by atoms with Crippen LogP contribution in [0, 0.1) is 5.92 Å². The molecule has 3 heteroatoms. The van der Waals surface area contributed by atoms with Gasteiger partial charge in [0.1, 0.15) is 0 Å². The van der Waals surface area contributed by atoms with Crippen molar-refractivity contribution in [2.45, 2.75) is 136 Å². The van der Waals surface area contributed by atoms with Crippen molar-refractivity contribution in [1.82, 2.24) is 0 Å². The van der Waals surface area contributed by atoms with Crippen LogP contribution in [0.15, 0.2) is 0 Å². The molecule has 0 radical (unpaired) electrons. The van der Waals surface area contributed by atoms with Gasteiger partial charge >= 0.3 is 5.97 Å². The first-order valence-corrected chi connectivity index (χ1v) is 12.5. The number of aliphatic carboxylic acids is 1. The van der Waals surface area contributed by atoms with Crippen LogP contribution < -0.4 is 0 Å². The molecule has 0 aromatic rings. The van der Waals surface area contributed by atoms with Crippen molar-refractivity contribution in [1.29, 1.82) is 0 Å². The Morgan fingerprint density at radius 3 is 1.46 bits per heavy atom. The second-order valence-electron chi connectivity index (χ2n) is 8.53. The SMILES string of the molecule is CCCCCCCCCCCCCCCCC(CCCOCCCC)C(=O)O. The summed E-state index contributed by atoms with van der Waals surface area (Å²) < 4.78 is 5.54. The minimum absolute atomic E-state index is 0.174. The molecule has 0 rings (SSSR count). The van der Waals surface area contributed by atoms with E-state index in [2.05, 4.69) is 13.8 Å². The highest BCUT2D eigenvalue weighted by Crippen LogP contribution is 2.18. The van der Waals surface area contributed by atoms with Crippen LogP contribution in [-0.2, 0) is 9.53 Å². The molecule has 1 N–H and O–H groups in total. The van der Waals surface area contributed by atoms with E-state index in [0.29, 0.717) is 6.61 Å². The largest absolute Gasteiger partial charge is 0.481 e. The summed E-state index contributed by atoms with van der Waals surface area (Å²) in [7, 11) is 0. The summed E-state index contributed by atoms with van der Waals surface area (Å²) >= 11 is 0. The molecule has 1 unspecified atom stereocenters. The Morgan fingerprint density at radius 2 is 1.00 bits per heavy atom. The van der Waals surface area contributed by atoms with Gasteiger partial charge in [0.15, 0.2) is 0 Å². The molecule has 0 fully saturated rings. The van der Waals surface area contributed by atoms with E-state index < -0.39 is 5.97 Å². The summed E-state index contributed by atoms with van der Waals surface area (Å²) in [6.45, 7) is 5.95. The standard InChI is InChI=1S/C25H50O3/c1-3-5-7-8-9-10-11-12-13-14-15-16-17-18-20-24(25(26)27)21-19-23-28-22-6-4-2/h24H,3-23H2,1-2H3,(H,26,27). The molecular formula is C25H50O3. The van der Waals surface area contributed by atoms with Crippen molar-refractivity contribution in [3.05, 3.63) is 0 Å². The smallest absolute Gasteiger partial charge is 0.306 e. The van der Waals surface area contributed by atoms with Crippen LogP contribution in [0.3, 0.4) is 0 Å². The third kappa shape index (κ3) is 20.2. The van der Waals surface area contributed by atoms with Gasteiger partial charge in [0, 0.05) is 13.2 Å². The molecule has 0 aliphatic rings. The van der Waals surface area contributed by atoms with Crippen LogP contribution in [0.5, 0.6) is 0 Å². The number of unbranched alkanes of at least 4 members (excludes halogenated alkanes) is 14. The second kappa shape index (κ2) is 22.7. The van der Waals surface area contributed by atoms with E-state index in [-0.39, 0.29) is 5.92 Å². The van der Waals surface area contributed by atoms with Crippen molar-refractivity contribution in [2.24, 2.45) is 5.92 Å². The van der Waals surface area contributed by atoms with E-state index in [9.17, 15) is 9.90 Å². The van der Waals surface area contributed by atoms with Crippen LogP contribution in [0.25, 0.3) is 0 Å². The first-order valence-electron chi connectivity index (χ1n) is 12.5. The Morgan fingerprint density at radius 1 is 0.607 bits per heavy atom. The van der Waals surface area contributed by atoms with Gasteiger partial charge in [-0.2, -0.15) is 0 Å². The summed E-state index contributed by atoms with van der Waals surface area (Å²) in [5, 5.41) is 9.38. The van der Waals surface area contributed by atoms with Crippen LogP contribution in [0.1, 0.15) is 136 Å². The lowest BCUT2D eigenvalue weighted by Crippen LogP contribution is -2.14. The van der Waals surface area contributed by atoms with E-state index in [1.807, 2.05) is 0 Å². The monoisotopic (exact) mass is 398 g/mol. The average Bonchev–Trinajstić information content (AvgIpc) is 2.68. The Kier molecular flexibility index (Phi) is 22.3. The number of hydrogen-bond donors (Lipinski definition) is 1. The fraction of sp³-hybridized carbons (Fsp3) is 0.960. The highest BCUT2D eigenvalue weighted by molar-refractivity contribution is 5.69. The van der Waals surface area contributed by atoms with Gasteiger partial charge < -0.3 is 9.84 Å². The predicted octanol–water partition coefficient (Wildman–Crippen LogP) is 8.16. The van der Waals surface area contributed by atoms with E-state index in [1.165, 1.54) is 83.5 Å². The zero-order chi connectivity index (χ0) is 20.7. The fourth-order valence-corrected chi connectivity index (χ4v) is 3.76. The van der Waals surface area contributed by atoms with E-state index in [0.717, 1.165) is 45.1 Å². The molecule has 28 heavy (non-hydrogen) atoms. The fourth-order valence-electron chi connectivity index (χ4n) is 3.76. The normalized spacial score (nSPS) is 12.4. The van der Waals surface area contributed by atoms with E-state index >= 15 is 0 Å². The summed E-state index contributed by atoms with van der Waals surface area (Å²) in [5.41, 5.74) is 0. The minimum atomic E-state index is -0.622. The molecule has 0 amide bonds. The van der Waals surface area contributed by atoms with Crippen molar-refractivity contribution in [3.63, 3.8) is 0 Å². The van der Waals surface area contributed by atoms with Crippen molar-refractivity contribution in [3.8, 4) is 0 Å². The zero-order valence-electron chi connectivity index (χ0n) is 19.2. The van der Waals surface area contributed by atoms with Crippen LogP contribution >= 0.6 is 0 Å². The van der Waals surface area contributed by atoms with Gasteiger partial charge in [0.2, 0.25) is 0 Å². The quantitative estimate of drug-likeness (QED) is 0.177. The minimum Gasteiger partial charge on any atom is -0.481 e. The molecule has 3 nitrogen and oxygen atoms in total. The Labute approximate surface area is 176 Å². The van der Waals surface area contributed by atoms with Gasteiger partial charge in [0.05, 0.1) is 5.92 Å². The number of carbonyl (C=O) groups is 1. The summed E-state index contributed by atoms with van der Waals surface area (Å²) in [4.78, 5) is 11.4. The molecule has 0 aromatic heterocycles. The van der Waals surface area contributed by atoms with Gasteiger partial charge in [0.25, 0.3) is 0 Å². The molecule has 168 valence electrons. The molecule has 0 aromatic carbocycles. The van der Waals surface area contributed by atoms with Crippen molar-refractivity contribution in [2.75, 3.05) is 13.2 Å². The summed E-state index contributed by atoms with van der Waals surface area (Å²) in [6, 6.07) is 0. The predicted molar refractivity (Wildman–Crippen MR) is 121 cm³/mol. The van der Waals surface area contributed by atoms with E-state index in [1.54, 1.807) is 0 Å². The van der Waals surface area contributed by atoms with Crippen LogP contribution in [-0.4, -0.2) is 24.3 Å². The Bertz CT molecular complexity index is 317. The van der Waals surface area contributed by atoms with Gasteiger partial charge in [-0.15, -0.1) is 0 Å². The molecule has 0 saturated carbocycles. The molecule has 1 atom stereocenters. The molecule has 0 aliphatic heterocycles. The third-order valence-electron chi connectivity index (χ3n) is 5.74. The lowest BCUT2D eigenvalue weighted by atomic mass is 9.96. The molecule has 0 spiro atoms. The van der Waals surface area contributed by atoms with Crippen molar-refractivity contribution < 1.29 is 14.6 Å². The highest BCUT2D eigenvalue weighted by Gasteiger charge is 2.16. The maximum Gasteiger partial charge on any atom is 0.306 e. The first-order chi connectivity index (χ1) is 13.7. The zero-order valence-corrected chi connectivity index (χ0v) is 19.2. The van der Waals surface area contributed by atoms with Gasteiger partial charge in [-0.1, -0.05) is 110 Å². The molecule has 0 heterocycles. The van der Waals surface area contributed by atoms with Gasteiger partial charge in [-0.25, -0.2) is 0 Å². The first kappa shape index (κ1) is 27.4. The van der Waals surface area contributed by atoms with Gasteiger partial charge in [-0.05, 0) is 25.7 Å². The lowest BCUT2D eigenvalue weighted by Gasteiger charge is -2.12. The third-order valence-corrected chi connectivity index (χ3v) is 5.74. The Hall–Kier alpha value is -0.570. The topological polar surface area (TPSA) is 46.5 Å². The number of carboxylic acids is 1. The number of ether oxygens (including phenoxy) is 1. The number of carboxylic acid groups (broad SMARTS) is 1. The highest BCUT2D eigenvalue weighted by atomic mass is 16.5. The van der Waals surface area contributed by atoms with Crippen LogP contribution in [0.4, 0.5) is 0 Å². The van der Waals surface area contributed by atoms with Crippen molar-refractivity contribution >= 4 is 5.97 Å². The summed E-state index contributed by atoms with van der Waals surface area (Å²) in [6.07, 6.45) is 23.5. The maximum absolute atomic E-state index is 11.4. The second-order valence-corrected chi connectivity index (χ2v) is 8.53. The van der Waals surface area contributed by atoms with Crippen LogP contribution in [0.2, 0.25) is 0 Å². The average molecular weight is 399 g/mol. The summed E-state index contributed by atoms with van der Waals surface area (Å²) in [5.74, 6) is -0.796. The number of hydrogen-bond acceptors (Lipinski definition) is 2.